The number of amides is 2. The van der Waals surface area contributed by atoms with Crippen LogP contribution in [-0.2, 0) is 0 Å². The van der Waals surface area contributed by atoms with Crippen LogP contribution in [0.15, 0.2) is 24.3 Å². The molecule has 0 atom stereocenters. The molecule has 1 saturated heterocycles. The highest BCUT2D eigenvalue weighted by Gasteiger charge is 2.41. The Hall–Kier alpha value is -1.68. The van der Waals surface area contributed by atoms with Gasteiger partial charge in [-0.15, -0.1) is 0 Å². The van der Waals surface area contributed by atoms with E-state index in [-0.39, 0.29) is 17.9 Å². The van der Waals surface area contributed by atoms with E-state index in [1.54, 1.807) is 24.3 Å². The number of nitrogens with one attached hydrogen (secondary N) is 1. The van der Waals surface area contributed by atoms with Gasteiger partial charge in [0.2, 0.25) is 0 Å². The number of carbonyl (C=O) groups is 2. The summed E-state index contributed by atoms with van der Waals surface area (Å²) in [5, 5.41) is 3.06. The Kier molecular flexibility index (Phi) is 1.67. The zero-order valence-electron chi connectivity index (χ0n) is 8.06. The first kappa shape index (κ1) is 8.61. The zero-order chi connectivity index (χ0) is 10.4. The number of nitrogens with zero attached hydrogens (tertiary/aromatic N) is 1. The van der Waals surface area contributed by atoms with Crippen LogP contribution in [0.1, 0.15) is 20.7 Å². The van der Waals surface area contributed by atoms with Crippen LogP contribution in [0.25, 0.3) is 0 Å². The molecular weight excluding hydrogens is 192 g/mol. The summed E-state index contributed by atoms with van der Waals surface area (Å²) in [4.78, 5) is 25.2. The molecule has 2 aliphatic rings. The minimum Gasteiger partial charge on any atom is -0.313 e. The van der Waals surface area contributed by atoms with Crippen molar-refractivity contribution in [2.75, 3.05) is 13.1 Å². The second kappa shape index (κ2) is 2.90. The Morgan fingerprint density at radius 3 is 2.00 bits per heavy atom. The van der Waals surface area contributed by atoms with E-state index in [4.69, 9.17) is 0 Å². The van der Waals surface area contributed by atoms with Crippen molar-refractivity contribution in [3.63, 3.8) is 0 Å². The van der Waals surface area contributed by atoms with Crippen LogP contribution in [0.4, 0.5) is 0 Å². The summed E-state index contributed by atoms with van der Waals surface area (Å²) in [6.45, 7) is 1.43. The van der Waals surface area contributed by atoms with Gasteiger partial charge in [-0.25, -0.2) is 0 Å². The van der Waals surface area contributed by atoms with Gasteiger partial charge in [-0.3, -0.25) is 14.5 Å². The molecule has 3 rings (SSSR count). The van der Waals surface area contributed by atoms with Gasteiger partial charge in [0, 0.05) is 13.1 Å². The van der Waals surface area contributed by atoms with E-state index >= 15 is 0 Å². The molecular formula is C11H10N2O2. The Bertz CT molecular complexity index is 417. The molecule has 2 heterocycles. The van der Waals surface area contributed by atoms with Crippen LogP contribution < -0.4 is 5.32 Å². The van der Waals surface area contributed by atoms with Crippen molar-refractivity contribution in [2.24, 2.45) is 0 Å². The maximum absolute atomic E-state index is 11.9. The summed E-state index contributed by atoms with van der Waals surface area (Å²) in [5.74, 6) is -0.302. The minimum atomic E-state index is -0.151. The number of fused-ring (bicyclic) bond motifs is 1. The lowest BCUT2D eigenvalue weighted by Gasteiger charge is -2.33. The molecule has 4 nitrogen and oxygen atoms in total. The predicted molar refractivity (Wildman–Crippen MR) is 53.6 cm³/mol. The lowest BCUT2D eigenvalue weighted by Crippen LogP contribution is -2.58. The van der Waals surface area contributed by atoms with Gasteiger partial charge in [0.15, 0.2) is 0 Å². The van der Waals surface area contributed by atoms with Gasteiger partial charge < -0.3 is 5.32 Å². The lowest BCUT2D eigenvalue weighted by molar-refractivity contribution is 0.0534. The first-order valence-electron chi connectivity index (χ1n) is 4.96. The molecule has 15 heavy (non-hydrogen) atoms. The van der Waals surface area contributed by atoms with E-state index in [0.717, 1.165) is 0 Å². The van der Waals surface area contributed by atoms with Crippen LogP contribution >= 0.6 is 0 Å². The third kappa shape index (κ3) is 1.05. The molecule has 0 unspecified atom stereocenters. The quantitative estimate of drug-likeness (QED) is 0.664. The van der Waals surface area contributed by atoms with Crippen molar-refractivity contribution in [3.8, 4) is 0 Å². The Balaban J connectivity index is 2.04. The number of hydrogen-bond acceptors (Lipinski definition) is 3. The standard InChI is InChI=1S/C11H10N2O2/c14-10-8-3-1-2-4-9(8)11(15)13(10)7-5-12-6-7/h1-4,7,12H,5-6H2. The summed E-state index contributed by atoms with van der Waals surface area (Å²) in [5.41, 5.74) is 1.07. The Morgan fingerprint density at radius 2 is 1.60 bits per heavy atom. The average Bonchev–Trinajstić information content (AvgIpc) is 2.42. The van der Waals surface area contributed by atoms with Crippen LogP contribution in [-0.4, -0.2) is 35.8 Å². The van der Waals surface area contributed by atoms with E-state index in [1.807, 2.05) is 0 Å². The second-order valence-electron chi connectivity index (χ2n) is 3.84. The highest BCUT2D eigenvalue weighted by Crippen LogP contribution is 2.25. The monoisotopic (exact) mass is 202 g/mol. The van der Waals surface area contributed by atoms with Crippen molar-refractivity contribution in [3.05, 3.63) is 35.4 Å². The number of hydrogen-bond donors (Lipinski definition) is 1. The van der Waals surface area contributed by atoms with Crippen LogP contribution in [0, 0.1) is 0 Å². The summed E-state index contributed by atoms with van der Waals surface area (Å²) < 4.78 is 0. The van der Waals surface area contributed by atoms with Crippen molar-refractivity contribution in [1.82, 2.24) is 10.2 Å². The molecule has 0 aliphatic carbocycles. The first-order valence-corrected chi connectivity index (χ1v) is 4.96. The van der Waals surface area contributed by atoms with Crippen LogP contribution in [0.3, 0.4) is 0 Å². The second-order valence-corrected chi connectivity index (χ2v) is 3.84. The molecule has 1 fully saturated rings. The molecule has 0 radical (unpaired) electrons. The number of imide groups is 1. The first-order chi connectivity index (χ1) is 7.29. The van der Waals surface area contributed by atoms with E-state index in [0.29, 0.717) is 24.2 Å². The van der Waals surface area contributed by atoms with Crippen molar-refractivity contribution >= 4 is 11.8 Å². The fourth-order valence-electron chi connectivity index (χ4n) is 2.00. The molecule has 1 N–H and O–H groups in total. The molecule has 0 aromatic heterocycles. The van der Waals surface area contributed by atoms with Crippen molar-refractivity contribution in [2.45, 2.75) is 6.04 Å². The molecule has 0 saturated carbocycles. The maximum atomic E-state index is 11.9. The zero-order valence-corrected chi connectivity index (χ0v) is 8.06. The molecule has 1 aromatic rings. The number of carbonyl (C=O) groups excluding carboxylic acids is 2. The third-order valence-corrected chi connectivity index (χ3v) is 2.95. The fourth-order valence-corrected chi connectivity index (χ4v) is 2.00. The minimum absolute atomic E-state index is 0.0393. The van der Waals surface area contributed by atoms with E-state index in [2.05, 4.69) is 5.32 Å². The largest absolute Gasteiger partial charge is 0.313 e. The van der Waals surface area contributed by atoms with E-state index in [1.165, 1.54) is 4.90 Å². The normalized spacial score (nSPS) is 20.4. The van der Waals surface area contributed by atoms with E-state index in [9.17, 15) is 9.59 Å². The number of benzene rings is 1. The van der Waals surface area contributed by atoms with Gasteiger partial charge in [-0.2, -0.15) is 0 Å². The topological polar surface area (TPSA) is 49.4 Å². The molecule has 2 amide bonds. The highest BCUT2D eigenvalue weighted by molar-refractivity contribution is 6.21. The molecule has 1 aromatic carbocycles. The Labute approximate surface area is 86.9 Å². The molecule has 76 valence electrons. The van der Waals surface area contributed by atoms with Crippen LogP contribution in [0.2, 0.25) is 0 Å². The third-order valence-electron chi connectivity index (χ3n) is 2.95. The van der Waals surface area contributed by atoms with E-state index < -0.39 is 0 Å². The van der Waals surface area contributed by atoms with Gasteiger partial charge in [0.05, 0.1) is 17.2 Å². The SMILES string of the molecule is O=C1c2ccccc2C(=O)N1C1CNC1. The number of rotatable bonds is 1. The van der Waals surface area contributed by atoms with Crippen LogP contribution in [0.5, 0.6) is 0 Å². The fraction of sp³-hybridized carbons (Fsp3) is 0.273. The van der Waals surface area contributed by atoms with Gasteiger partial charge in [-0.1, -0.05) is 12.1 Å². The molecule has 4 heteroatoms. The maximum Gasteiger partial charge on any atom is 0.261 e. The lowest BCUT2D eigenvalue weighted by atomic mass is 10.1. The summed E-state index contributed by atoms with van der Waals surface area (Å²) >= 11 is 0. The molecule has 0 spiro atoms. The average molecular weight is 202 g/mol. The predicted octanol–water partition coefficient (Wildman–Crippen LogP) is 0.254. The molecule has 2 aliphatic heterocycles. The summed E-state index contributed by atoms with van der Waals surface area (Å²) in [6, 6.07) is 7.03. The highest BCUT2D eigenvalue weighted by atomic mass is 16.2. The van der Waals surface area contributed by atoms with Gasteiger partial charge >= 0.3 is 0 Å². The smallest absolute Gasteiger partial charge is 0.261 e. The Morgan fingerprint density at radius 1 is 1.07 bits per heavy atom. The van der Waals surface area contributed by atoms with Gasteiger partial charge in [-0.05, 0) is 12.1 Å². The molecule has 0 bridgehead atoms. The summed E-state index contributed by atoms with van der Waals surface area (Å²) in [6.07, 6.45) is 0. The van der Waals surface area contributed by atoms with Gasteiger partial charge in [0.25, 0.3) is 11.8 Å². The van der Waals surface area contributed by atoms with Crippen molar-refractivity contribution < 1.29 is 9.59 Å². The van der Waals surface area contributed by atoms with Crippen molar-refractivity contribution in [1.29, 1.82) is 0 Å². The summed E-state index contributed by atoms with van der Waals surface area (Å²) in [7, 11) is 0. The van der Waals surface area contributed by atoms with Gasteiger partial charge in [0.1, 0.15) is 0 Å².